The number of nitrogens with two attached hydrogens (primary N) is 1. The highest BCUT2D eigenvalue weighted by atomic mass is 32.1. The second kappa shape index (κ2) is 7.07. The Morgan fingerprint density at radius 1 is 1.61 bits per heavy atom. The third-order valence-corrected chi connectivity index (χ3v) is 2.50. The van der Waals surface area contributed by atoms with E-state index in [0.717, 1.165) is 6.42 Å². The molecule has 1 heterocycles. The first-order valence-corrected chi connectivity index (χ1v) is 6.16. The third-order valence-electron chi connectivity index (χ3n) is 2.28. The number of aryl methyl sites for hydroxylation is 1. The van der Waals surface area contributed by atoms with Gasteiger partial charge in [0.05, 0.1) is 24.8 Å². The van der Waals surface area contributed by atoms with Crippen molar-refractivity contribution in [2.24, 2.45) is 12.8 Å². The smallest absolute Gasteiger partial charge is 0.227 e. The zero-order valence-corrected chi connectivity index (χ0v) is 11.4. The minimum Gasteiger partial charge on any atom is -0.389 e. The van der Waals surface area contributed by atoms with Crippen LogP contribution in [0.5, 0.6) is 0 Å². The number of anilines is 1. The van der Waals surface area contributed by atoms with Gasteiger partial charge in [0.1, 0.15) is 10.8 Å². The van der Waals surface area contributed by atoms with Crippen LogP contribution in [-0.4, -0.2) is 33.9 Å². The first-order chi connectivity index (χ1) is 8.56. The molecule has 0 fully saturated rings. The maximum absolute atomic E-state index is 11.7. The molecule has 0 saturated heterocycles. The molecule has 0 aliphatic heterocycles. The van der Waals surface area contributed by atoms with Gasteiger partial charge in [0.25, 0.3) is 0 Å². The van der Waals surface area contributed by atoms with E-state index < -0.39 is 0 Å². The molecule has 0 aromatic carbocycles. The third kappa shape index (κ3) is 4.08. The summed E-state index contributed by atoms with van der Waals surface area (Å²) in [7, 11) is 1.71. The van der Waals surface area contributed by atoms with Gasteiger partial charge in [0, 0.05) is 13.7 Å². The van der Waals surface area contributed by atoms with Gasteiger partial charge in [-0.1, -0.05) is 19.1 Å². The van der Waals surface area contributed by atoms with E-state index in [1.165, 1.54) is 10.9 Å². The fourth-order valence-electron chi connectivity index (χ4n) is 1.37. The van der Waals surface area contributed by atoms with Crippen molar-refractivity contribution >= 4 is 28.9 Å². The van der Waals surface area contributed by atoms with Gasteiger partial charge in [-0.25, -0.2) is 0 Å². The van der Waals surface area contributed by atoms with Crippen molar-refractivity contribution in [2.45, 2.75) is 19.8 Å². The molecule has 0 atom stereocenters. The predicted molar refractivity (Wildman–Crippen MR) is 73.5 cm³/mol. The SMILES string of the molecule is CCCOCCC(=O)Nc1c(C(N)=S)cnn1C. The van der Waals surface area contributed by atoms with Crippen LogP contribution in [0.3, 0.4) is 0 Å². The Morgan fingerprint density at radius 2 is 2.33 bits per heavy atom. The summed E-state index contributed by atoms with van der Waals surface area (Å²) in [6.07, 6.45) is 2.77. The van der Waals surface area contributed by atoms with Crippen LogP contribution in [0.2, 0.25) is 0 Å². The van der Waals surface area contributed by atoms with Crippen LogP contribution >= 0.6 is 12.2 Å². The number of hydrogen-bond acceptors (Lipinski definition) is 4. The largest absolute Gasteiger partial charge is 0.389 e. The van der Waals surface area contributed by atoms with Crippen LogP contribution in [0.4, 0.5) is 5.82 Å². The summed E-state index contributed by atoms with van der Waals surface area (Å²) < 4.78 is 6.77. The highest BCUT2D eigenvalue weighted by molar-refractivity contribution is 7.80. The molecule has 7 heteroatoms. The van der Waals surface area contributed by atoms with Crippen LogP contribution in [-0.2, 0) is 16.6 Å². The van der Waals surface area contributed by atoms with E-state index in [4.69, 9.17) is 22.7 Å². The van der Waals surface area contributed by atoms with E-state index in [9.17, 15) is 4.79 Å². The average molecular weight is 270 g/mol. The molecule has 18 heavy (non-hydrogen) atoms. The van der Waals surface area contributed by atoms with Crippen molar-refractivity contribution < 1.29 is 9.53 Å². The predicted octanol–water partition coefficient (Wildman–Crippen LogP) is 0.809. The monoisotopic (exact) mass is 270 g/mol. The van der Waals surface area contributed by atoms with Gasteiger partial charge < -0.3 is 15.8 Å². The summed E-state index contributed by atoms with van der Waals surface area (Å²) in [5.41, 5.74) is 6.11. The summed E-state index contributed by atoms with van der Waals surface area (Å²) in [6.45, 7) is 3.08. The lowest BCUT2D eigenvalue weighted by Crippen LogP contribution is -2.19. The molecular weight excluding hydrogens is 252 g/mol. The Bertz CT molecular complexity index is 431. The molecule has 0 aliphatic rings. The molecule has 1 rings (SSSR count). The molecule has 0 aliphatic carbocycles. The molecule has 0 spiro atoms. The Balaban J connectivity index is 2.53. The van der Waals surface area contributed by atoms with Crippen LogP contribution in [0.1, 0.15) is 25.3 Å². The van der Waals surface area contributed by atoms with Crippen LogP contribution in [0.15, 0.2) is 6.20 Å². The number of aromatic nitrogens is 2. The second-order valence-electron chi connectivity index (χ2n) is 3.81. The lowest BCUT2D eigenvalue weighted by atomic mass is 10.3. The number of carbonyl (C=O) groups excluding carboxylic acids is 1. The number of hydrogen-bond donors (Lipinski definition) is 2. The van der Waals surface area contributed by atoms with E-state index in [1.54, 1.807) is 7.05 Å². The summed E-state index contributed by atoms with van der Waals surface area (Å²) >= 11 is 4.89. The van der Waals surface area contributed by atoms with Crippen molar-refractivity contribution in [2.75, 3.05) is 18.5 Å². The Labute approximate surface area is 111 Å². The number of nitrogens with zero attached hydrogens (tertiary/aromatic N) is 2. The maximum Gasteiger partial charge on any atom is 0.227 e. The lowest BCUT2D eigenvalue weighted by Gasteiger charge is -2.08. The zero-order chi connectivity index (χ0) is 13.5. The topological polar surface area (TPSA) is 82.2 Å². The highest BCUT2D eigenvalue weighted by Gasteiger charge is 2.13. The molecule has 6 nitrogen and oxygen atoms in total. The number of rotatable bonds is 7. The summed E-state index contributed by atoms with van der Waals surface area (Å²) in [5, 5.41) is 6.73. The standard InChI is InChI=1S/C11H18N4O2S/c1-3-5-17-6-4-9(16)14-11-8(10(12)18)7-13-15(11)2/h7H,3-6H2,1-2H3,(H2,12,18)(H,14,16). The zero-order valence-electron chi connectivity index (χ0n) is 10.6. The molecule has 1 aromatic rings. The van der Waals surface area contributed by atoms with Gasteiger partial charge in [-0.15, -0.1) is 0 Å². The van der Waals surface area contributed by atoms with Gasteiger partial charge in [0.15, 0.2) is 0 Å². The molecule has 0 unspecified atom stereocenters. The fourth-order valence-corrected chi connectivity index (χ4v) is 1.52. The summed E-state index contributed by atoms with van der Waals surface area (Å²) in [4.78, 5) is 11.9. The van der Waals surface area contributed by atoms with Gasteiger partial charge in [0.2, 0.25) is 5.91 Å². The molecule has 3 N–H and O–H groups in total. The van der Waals surface area contributed by atoms with E-state index in [0.29, 0.717) is 31.0 Å². The first-order valence-electron chi connectivity index (χ1n) is 5.75. The molecule has 100 valence electrons. The lowest BCUT2D eigenvalue weighted by molar-refractivity contribution is -0.117. The van der Waals surface area contributed by atoms with Crippen LogP contribution in [0, 0.1) is 0 Å². The van der Waals surface area contributed by atoms with Crippen molar-refractivity contribution in [1.82, 2.24) is 9.78 Å². The number of carbonyl (C=O) groups is 1. The van der Waals surface area contributed by atoms with Gasteiger partial charge in [-0.05, 0) is 6.42 Å². The fraction of sp³-hybridized carbons (Fsp3) is 0.545. The van der Waals surface area contributed by atoms with E-state index >= 15 is 0 Å². The summed E-state index contributed by atoms with van der Waals surface area (Å²) in [5.74, 6) is 0.371. The Kier molecular flexibility index (Phi) is 5.73. The van der Waals surface area contributed by atoms with E-state index in [2.05, 4.69) is 10.4 Å². The summed E-state index contributed by atoms with van der Waals surface area (Å²) in [6, 6.07) is 0. The minimum atomic E-state index is -0.146. The molecular formula is C11H18N4O2S. The van der Waals surface area contributed by atoms with Crippen molar-refractivity contribution in [3.63, 3.8) is 0 Å². The Hall–Kier alpha value is -1.47. The first kappa shape index (κ1) is 14.6. The quantitative estimate of drug-likeness (QED) is 0.566. The van der Waals surface area contributed by atoms with Crippen LogP contribution in [0.25, 0.3) is 0 Å². The van der Waals surface area contributed by atoms with Crippen molar-refractivity contribution in [3.8, 4) is 0 Å². The van der Waals surface area contributed by atoms with Crippen molar-refractivity contribution in [3.05, 3.63) is 11.8 Å². The maximum atomic E-state index is 11.7. The van der Waals surface area contributed by atoms with E-state index in [-0.39, 0.29) is 10.9 Å². The van der Waals surface area contributed by atoms with E-state index in [1.807, 2.05) is 6.92 Å². The van der Waals surface area contributed by atoms with Gasteiger partial charge in [-0.2, -0.15) is 5.10 Å². The molecule has 0 saturated carbocycles. The highest BCUT2D eigenvalue weighted by Crippen LogP contribution is 2.13. The van der Waals surface area contributed by atoms with Gasteiger partial charge in [-0.3, -0.25) is 9.48 Å². The molecule has 0 radical (unpaired) electrons. The number of ether oxygens (including phenoxy) is 1. The molecule has 1 amide bonds. The molecule has 0 bridgehead atoms. The second-order valence-corrected chi connectivity index (χ2v) is 4.25. The minimum absolute atomic E-state index is 0.146. The normalized spacial score (nSPS) is 10.3. The van der Waals surface area contributed by atoms with Crippen LogP contribution < -0.4 is 11.1 Å². The molecule has 1 aromatic heterocycles. The number of thiocarbonyl (C=S) groups is 1. The average Bonchev–Trinajstić information content (AvgIpc) is 2.67. The number of amides is 1. The van der Waals surface area contributed by atoms with Gasteiger partial charge >= 0.3 is 0 Å². The number of nitrogens with one attached hydrogen (secondary N) is 1. The Morgan fingerprint density at radius 3 is 2.94 bits per heavy atom. The van der Waals surface area contributed by atoms with Crippen molar-refractivity contribution in [1.29, 1.82) is 0 Å².